The highest BCUT2D eigenvalue weighted by Crippen LogP contribution is 2.39. The molecule has 24 heavy (non-hydrogen) atoms. The normalized spacial score (nSPS) is 17.8. The molecule has 1 fully saturated rings. The molecule has 1 heterocycles. The Morgan fingerprint density at radius 1 is 1.04 bits per heavy atom. The maximum absolute atomic E-state index is 10.2. The van der Waals surface area contributed by atoms with E-state index in [-0.39, 0.29) is 6.42 Å². The Kier molecular flexibility index (Phi) is 17.0. The number of unbranched alkanes of at least 4 members (excludes halogenated alkanes) is 2. The highest BCUT2D eigenvalue weighted by Gasteiger charge is 2.15. The molecule has 1 saturated heterocycles. The van der Waals surface area contributed by atoms with Crippen molar-refractivity contribution in [2.45, 2.75) is 74.7 Å². The van der Waals surface area contributed by atoms with Gasteiger partial charge >= 0.3 is 11.9 Å². The Morgan fingerprint density at radius 3 is 2.17 bits per heavy atom. The first-order valence-corrected chi connectivity index (χ1v) is 12.0. The molecule has 0 saturated carbocycles. The minimum absolute atomic E-state index is 0.279. The van der Waals surface area contributed by atoms with Gasteiger partial charge in [-0.2, -0.15) is 25.3 Å². The topological polar surface area (TPSA) is 74.6 Å². The summed E-state index contributed by atoms with van der Waals surface area (Å²) in [6, 6.07) is 0. The number of carboxylic acids is 2. The summed E-state index contributed by atoms with van der Waals surface area (Å²) in [7, 11) is 3.92. The highest BCUT2D eigenvalue weighted by molar-refractivity contribution is 8.77. The third kappa shape index (κ3) is 17.2. The van der Waals surface area contributed by atoms with Gasteiger partial charge in [-0.1, -0.05) is 34.4 Å². The van der Waals surface area contributed by atoms with Crippen molar-refractivity contribution in [3.8, 4) is 0 Å². The van der Waals surface area contributed by atoms with Crippen molar-refractivity contribution in [1.82, 2.24) is 0 Å². The second-order valence-electron chi connectivity index (χ2n) is 5.77. The largest absolute Gasteiger partial charge is 0.481 e. The van der Waals surface area contributed by atoms with Gasteiger partial charge in [0.05, 0.1) is 0 Å². The van der Waals surface area contributed by atoms with E-state index < -0.39 is 11.9 Å². The zero-order chi connectivity index (χ0) is 18.2. The van der Waals surface area contributed by atoms with E-state index in [1.807, 2.05) is 21.6 Å². The molecule has 4 nitrogen and oxygen atoms in total. The minimum atomic E-state index is -0.708. The van der Waals surface area contributed by atoms with Gasteiger partial charge < -0.3 is 10.2 Å². The molecule has 1 rings (SSSR count). The Bertz CT molecular complexity index is 336. The summed E-state index contributed by atoms with van der Waals surface area (Å²) in [5.74, 6) is 0.754. The molecular weight excluding hydrogens is 384 g/mol. The van der Waals surface area contributed by atoms with Crippen LogP contribution in [0.4, 0.5) is 0 Å². The Hall–Kier alpha value is 0.340. The molecule has 0 aliphatic carbocycles. The van der Waals surface area contributed by atoms with Crippen LogP contribution in [0.2, 0.25) is 0 Å². The van der Waals surface area contributed by atoms with E-state index in [1.54, 1.807) is 0 Å². The summed E-state index contributed by atoms with van der Waals surface area (Å²) in [5.41, 5.74) is 0. The van der Waals surface area contributed by atoms with Crippen LogP contribution >= 0.6 is 46.8 Å². The Balaban J connectivity index is 0.000000441. The van der Waals surface area contributed by atoms with Crippen molar-refractivity contribution in [2.24, 2.45) is 0 Å². The molecule has 1 aliphatic heterocycles. The van der Waals surface area contributed by atoms with Crippen LogP contribution in [0.25, 0.3) is 0 Å². The van der Waals surface area contributed by atoms with Crippen LogP contribution in [-0.4, -0.2) is 44.2 Å². The van der Waals surface area contributed by atoms with Gasteiger partial charge in [-0.15, -0.1) is 0 Å². The summed E-state index contributed by atoms with van der Waals surface area (Å²) in [6.07, 6.45) is 8.75. The molecule has 0 radical (unpaired) electrons. The zero-order valence-corrected chi connectivity index (χ0v) is 17.5. The fourth-order valence-corrected chi connectivity index (χ4v) is 6.02. The number of carbonyl (C=O) groups is 2. The molecule has 0 aromatic rings. The SMILES string of the molecule is O=C(O)CCCCC(S)CCS.O=C(O)CCCCC1CCSS1. The predicted octanol–water partition coefficient (Wildman–Crippen LogP) is 5.03. The van der Waals surface area contributed by atoms with Crippen LogP contribution in [-0.2, 0) is 9.59 Å². The van der Waals surface area contributed by atoms with Gasteiger partial charge in [0.25, 0.3) is 0 Å². The molecule has 8 heteroatoms. The van der Waals surface area contributed by atoms with Crippen molar-refractivity contribution >= 4 is 58.8 Å². The second-order valence-corrected chi connectivity index (χ2v) is 9.74. The van der Waals surface area contributed by atoms with E-state index in [1.165, 1.54) is 18.6 Å². The van der Waals surface area contributed by atoms with Gasteiger partial charge in [-0.05, 0) is 44.3 Å². The molecule has 1 aliphatic rings. The second kappa shape index (κ2) is 16.8. The fourth-order valence-electron chi connectivity index (χ4n) is 2.16. The molecular formula is C16H30O4S4. The van der Waals surface area contributed by atoms with E-state index >= 15 is 0 Å². The minimum Gasteiger partial charge on any atom is -0.481 e. The summed E-state index contributed by atoms with van der Waals surface area (Å²) >= 11 is 8.43. The van der Waals surface area contributed by atoms with Crippen LogP contribution < -0.4 is 0 Å². The monoisotopic (exact) mass is 414 g/mol. The van der Waals surface area contributed by atoms with E-state index in [2.05, 4.69) is 25.3 Å². The summed E-state index contributed by atoms with van der Waals surface area (Å²) in [6.45, 7) is 0. The maximum atomic E-state index is 10.2. The average molecular weight is 415 g/mol. The van der Waals surface area contributed by atoms with Crippen LogP contribution in [0.5, 0.6) is 0 Å². The first-order valence-electron chi connectivity index (χ1n) is 8.46. The number of aliphatic carboxylic acids is 2. The third-order valence-electron chi connectivity index (χ3n) is 3.53. The van der Waals surface area contributed by atoms with Crippen LogP contribution in [0.15, 0.2) is 0 Å². The number of hydrogen-bond donors (Lipinski definition) is 4. The zero-order valence-electron chi connectivity index (χ0n) is 14.1. The molecule has 142 valence electrons. The molecule has 0 aromatic carbocycles. The summed E-state index contributed by atoms with van der Waals surface area (Å²) in [5, 5.41) is 17.9. The molecule has 2 N–H and O–H groups in total. The van der Waals surface area contributed by atoms with Crippen molar-refractivity contribution in [2.75, 3.05) is 11.5 Å². The lowest BCUT2D eigenvalue weighted by Crippen LogP contribution is -2.00. The van der Waals surface area contributed by atoms with Crippen LogP contribution in [0.3, 0.4) is 0 Å². The maximum Gasteiger partial charge on any atom is 0.303 e. The summed E-state index contributed by atoms with van der Waals surface area (Å²) in [4.78, 5) is 20.3. The first-order chi connectivity index (χ1) is 11.5. The third-order valence-corrected chi connectivity index (χ3v) is 7.32. The van der Waals surface area contributed by atoms with Gasteiger partial charge in [0, 0.05) is 29.1 Å². The van der Waals surface area contributed by atoms with Crippen molar-refractivity contribution in [1.29, 1.82) is 0 Å². The van der Waals surface area contributed by atoms with Gasteiger partial charge in [0.15, 0.2) is 0 Å². The molecule has 2 atom stereocenters. The van der Waals surface area contributed by atoms with Gasteiger partial charge in [0.1, 0.15) is 0 Å². The highest BCUT2D eigenvalue weighted by atomic mass is 33.1. The van der Waals surface area contributed by atoms with Gasteiger partial charge in [-0.25, -0.2) is 0 Å². The standard InChI is InChI=1S/C8H14O2S2.C8H16O2S2/c9-8(10)4-2-1-3-7-5-6-11-12-7;9-8(10)4-2-1-3-7(12)5-6-11/h7H,1-6H2,(H,9,10);7,11-12H,1-6H2,(H,9,10). The molecule has 2 unspecified atom stereocenters. The predicted molar refractivity (Wildman–Crippen MR) is 112 cm³/mol. The number of rotatable bonds is 12. The quantitative estimate of drug-likeness (QED) is 0.204. The molecule has 0 aromatic heterocycles. The lowest BCUT2D eigenvalue weighted by atomic mass is 10.1. The van der Waals surface area contributed by atoms with Crippen LogP contribution in [0, 0.1) is 0 Å². The Labute approximate surface area is 164 Å². The van der Waals surface area contributed by atoms with Crippen LogP contribution in [0.1, 0.15) is 64.2 Å². The smallest absolute Gasteiger partial charge is 0.303 e. The van der Waals surface area contributed by atoms with E-state index in [0.717, 1.165) is 49.5 Å². The molecule has 0 amide bonds. The lowest BCUT2D eigenvalue weighted by Gasteiger charge is -2.06. The van der Waals surface area contributed by atoms with Crippen molar-refractivity contribution < 1.29 is 19.8 Å². The fraction of sp³-hybridized carbons (Fsp3) is 0.875. The van der Waals surface area contributed by atoms with Gasteiger partial charge in [0.2, 0.25) is 0 Å². The van der Waals surface area contributed by atoms with Crippen molar-refractivity contribution in [3.05, 3.63) is 0 Å². The van der Waals surface area contributed by atoms with Gasteiger partial charge in [-0.3, -0.25) is 9.59 Å². The molecule has 0 spiro atoms. The van der Waals surface area contributed by atoms with E-state index in [9.17, 15) is 9.59 Å². The van der Waals surface area contributed by atoms with E-state index in [4.69, 9.17) is 10.2 Å². The van der Waals surface area contributed by atoms with Crippen molar-refractivity contribution in [3.63, 3.8) is 0 Å². The van der Waals surface area contributed by atoms with E-state index in [0.29, 0.717) is 11.7 Å². The molecule has 0 bridgehead atoms. The lowest BCUT2D eigenvalue weighted by molar-refractivity contribution is -0.138. The summed E-state index contributed by atoms with van der Waals surface area (Å²) < 4.78 is 0. The first kappa shape index (κ1) is 24.3. The number of carboxylic acid groups (broad SMARTS) is 2. The number of hydrogen-bond acceptors (Lipinski definition) is 6. The Morgan fingerprint density at radius 2 is 1.67 bits per heavy atom. The number of thiol groups is 2. The average Bonchev–Trinajstić information content (AvgIpc) is 3.02.